The van der Waals surface area contributed by atoms with Crippen molar-refractivity contribution in [2.45, 2.75) is 110 Å². The number of benzene rings is 1. The Bertz CT molecular complexity index is 2600. The minimum atomic E-state index is -1.15. The molecule has 10 rings (SSSR count). The molecule has 3 aliphatic heterocycles. The molecular formula is C49H61N9O6S. The van der Waals surface area contributed by atoms with E-state index in [0.717, 1.165) is 63.5 Å². The second-order valence-corrected chi connectivity index (χ2v) is 20.8. The topological polar surface area (TPSA) is 158 Å². The predicted molar refractivity (Wildman–Crippen MR) is 246 cm³/mol. The zero-order chi connectivity index (χ0) is 45.3. The summed E-state index contributed by atoms with van der Waals surface area (Å²) >= 11 is 1.40. The number of likely N-dealkylation sites (tertiary alicyclic amines) is 1. The van der Waals surface area contributed by atoms with Crippen LogP contribution in [-0.4, -0.2) is 103 Å². The number of aryl methyl sites for hydroxylation is 1. The molecule has 2 amide bonds. The van der Waals surface area contributed by atoms with Gasteiger partial charge in [0.25, 0.3) is 5.91 Å². The fourth-order valence-electron chi connectivity index (χ4n) is 10.2. The molecule has 0 spiro atoms. The van der Waals surface area contributed by atoms with Gasteiger partial charge < -0.3 is 28.7 Å². The Hall–Kier alpha value is -5.00. The highest BCUT2D eigenvalue weighted by molar-refractivity contribution is 7.10. The van der Waals surface area contributed by atoms with Crippen LogP contribution in [0.15, 0.2) is 54.4 Å². The fourth-order valence-corrected chi connectivity index (χ4v) is 11.1. The van der Waals surface area contributed by atoms with Crippen molar-refractivity contribution in [2.24, 2.45) is 30.2 Å². The van der Waals surface area contributed by atoms with Crippen LogP contribution < -0.4 is 10.7 Å². The van der Waals surface area contributed by atoms with E-state index in [1.807, 2.05) is 36.2 Å². The number of nitrogens with one attached hydrogen (secondary N) is 2. The molecule has 344 valence electrons. The van der Waals surface area contributed by atoms with E-state index in [0.29, 0.717) is 36.9 Å². The number of amides is 2. The molecule has 16 heteroatoms. The van der Waals surface area contributed by atoms with E-state index in [1.165, 1.54) is 29.2 Å². The number of nitrogens with zero attached hydrogens (tertiary/aromatic N) is 7. The summed E-state index contributed by atoms with van der Waals surface area (Å²) in [4.78, 5) is 60.1. The molecule has 2 aliphatic carbocycles. The first-order valence-corrected chi connectivity index (χ1v) is 24.1. The van der Waals surface area contributed by atoms with E-state index in [2.05, 4.69) is 77.2 Å². The maximum atomic E-state index is 14.9. The number of ether oxygens (including phenoxy) is 3. The zero-order valence-electron chi connectivity index (χ0n) is 38.5. The monoisotopic (exact) mass is 903 g/mol. The number of rotatable bonds is 10. The van der Waals surface area contributed by atoms with Crippen LogP contribution in [0.25, 0.3) is 33.4 Å². The van der Waals surface area contributed by atoms with Gasteiger partial charge >= 0.3 is 5.97 Å². The third-order valence-electron chi connectivity index (χ3n) is 14.6. The number of hydrazine groups is 1. The van der Waals surface area contributed by atoms with E-state index in [-0.39, 0.29) is 49.0 Å². The van der Waals surface area contributed by atoms with Gasteiger partial charge in [0.2, 0.25) is 5.91 Å². The molecule has 1 aromatic carbocycles. The quantitative estimate of drug-likeness (QED) is 0.147. The number of pyridine rings is 1. The Morgan fingerprint density at radius 3 is 2.63 bits per heavy atom. The third-order valence-corrected chi connectivity index (χ3v) is 15.5. The second kappa shape index (κ2) is 17.3. The Balaban J connectivity index is 1.14. The van der Waals surface area contributed by atoms with E-state index in [9.17, 15) is 14.4 Å². The SMILES string of the molecule is CO[C@@H](C)c1ncccc1-c1c2c3cc(ccc3n1C1CN(C3CC3)C1)-c1csc(n1)[C@@H](OCc1cncn1C)[C@H](NC(=O)C1[C@@H](C)[C@H]1C)C(=O)N1CCC[C@H](N1)C(=O)OCC(C)(C)C2. The van der Waals surface area contributed by atoms with Crippen molar-refractivity contribution < 1.29 is 28.6 Å². The number of cyclic esters (lactones) is 1. The van der Waals surface area contributed by atoms with Crippen LogP contribution in [0.2, 0.25) is 0 Å². The molecule has 2 saturated carbocycles. The summed E-state index contributed by atoms with van der Waals surface area (Å²) < 4.78 is 23.3. The molecule has 5 aromatic rings. The van der Waals surface area contributed by atoms with Gasteiger partial charge in [-0.25, -0.2) is 15.4 Å². The van der Waals surface area contributed by atoms with E-state index in [4.69, 9.17) is 24.2 Å². The number of carbonyl (C=O) groups excluding carboxylic acids is 3. The van der Waals surface area contributed by atoms with Gasteiger partial charge in [0.05, 0.1) is 60.7 Å². The molecule has 7 heterocycles. The van der Waals surface area contributed by atoms with Crippen molar-refractivity contribution in [1.82, 2.24) is 44.7 Å². The number of imidazole rings is 1. The average molecular weight is 904 g/mol. The standard InChI is InChI=1S/C49H61N9O6S/c1-27-28(2)40(27)45(59)53-42-44(63-23-32-20-50-26-55(32)6)46-52-38(24-65-46)30-12-15-39-35(18-30)36(19-49(4,5)25-64-48(61)37-11-9-17-57(54-37)47(42)60)43(34-10-8-16-51-41(34)29(3)62-7)58(39)33-21-56(22-33)31-13-14-31/h8,10,12,15-16,18,20,24,26-29,31,33,37,40,42,44,54H,9,11,13-14,17,19,21-23,25H2,1-7H3,(H,53,59)/t27-,28+,29-,37-,40?,42-,44-/m0/s1. The molecular weight excluding hydrogens is 843 g/mol. The summed E-state index contributed by atoms with van der Waals surface area (Å²) in [5, 5.41) is 8.27. The van der Waals surface area contributed by atoms with Crippen LogP contribution in [0.4, 0.5) is 0 Å². The van der Waals surface area contributed by atoms with Gasteiger partial charge in [-0.1, -0.05) is 33.8 Å². The van der Waals surface area contributed by atoms with Crippen LogP contribution in [0.1, 0.15) is 101 Å². The highest BCUT2D eigenvalue weighted by Crippen LogP contribution is 2.47. The van der Waals surface area contributed by atoms with Crippen molar-refractivity contribution in [2.75, 3.05) is 33.4 Å². The lowest BCUT2D eigenvalue weighted by molar-refractivity contribution is -0.157. The number of aromatic nitrogens is 5. The lowest BCUT2D eigenvalue weighted by Gasteiger charge is -2.42. The van der Waals surface area contributed by atoms with Crippen LogP contribution in [0, 0.1) is 23.2 Å². The number of thiazole rings is 1. The van der Waals surface area contributed by atoms with Crippen molar-refractivity contribution in [3.8, 4) is 22.5 Å². The molecule has 2 saturated heterocycles. The maximum Gasteiger partial charge on any atom is 0.324 e. The minimum Gasteiger partial charge on any atom is -0.464 e. The Morgan fingerprint density at radius 1 is 1.11 bits per heavy atom. The smallest absolute Gasteiger partial charge is 0.324 e. The molecule has 6 bridgehead atoms. The first-order valence-electron chi connectivity index (χ1n) is 23.3. The summed E-state index contributed by atoms with van der Waals surface area (Å²) in [7, 11) is 3.61. The van der Waals surface area contributed by atoms with E-state index in [1.54, 1.807) is 19.6 Å². The van der Waals surface area contributed by atoms with Crippen molar-refractivity contribution in [3.05, 3.63) is 76.4 Å². The largest absolute Gasteiger partial charge is 0.464 e. The number of hydrogen-bond acceptors (Lipinski definition) is 12. The molecule has 15 nitrogen and oxygen atoms in total. The normalized spacial score (nSPS) is 26.7. The minimum absolute atomic E-state index is 0.118. The fraction of sp³-hybridized carbons (Fsp3) is 0.551. The van der Waals surface area contributed by atoms with Crippen LogP contribution in [-0.2, 0) is 48.7 Å². The third kappa shape index (κ3) is 8.41. The summed E-state index contributed by atoms with van der Waals surface area (Å²) in [5.41, 5.74) is 10.5. The van der Waals surface area contributed by atoms with Crippen LogP contribution >= 0.6 is 11.3 Å². The van der Waals surface area contributed by atoms with E-state index < -0.39 is 35.5 Å². The lowest BCUT2D eigenvalue weighted by atomic mass is 9.84. The number of methoxy groups -OCH3 is 1. The number of fused-ring (bicyclic) bond motifs is 6. The summed E-state index contributed by atoms with van der Waals surface area (Å²) in [5.74, 6) is -0.880. The second-order valence-electron chi connectivity index (χ2n) is 19.9. The first kappa shape index (κ1) is 43.9. The summed E-state index contributed by atoms with van der Waals surface area (Å²) in [6.07, 6.45) is 8.22. The van der Waals surface area contributed by atoms with Crippen molar-refractivity contribution in [3.63, 3.8) is 0 Å². The van der Waals surface area contributed by atoms with Gasteiger partial charge in [0.15, 0.2) is 0 Å². The molecule has 7 atom stereocenters. The molecule has 0 radical (unpaired) electrons. The van der Waals surface area contributed by atoms with Crippen LogP contribution in [0.3, 0.4) is 0 Å². The molecule has 4 aromatic heterocycles. The highest BCUT2D eigenvalue weighted by Gasteiger charge is 2.50. The first-order chi connectivity index (χ1) is 31.3. The Kier molecular flexibility index (Phi) is 11.7. The zero-order valence-corrected chi connectivity index (χ0v) is 39.3. The summed E-state index contributed by atoms with van der Waals surface area (Å²) in [6.45, 7) is 13.0. The van der Waals surface area contributed by atoms with Gasteiger partial charge in [-0.3, -0.25) is 29.3 Å². The van der Waals surface area contributed by atoms with Gasteiger partial charge in [-0.15, -0.1) is 11.3 Å². The van der Waals surface area contributed by atoms with Gasteiger partial charge in [0.1, 0.15) is 23.2 Å². The highest BCUT2D eigenvalue weighted by atomic mass is 32.1. The number of carbonyl (C=O) groups is 3. The Morgan fingerprint density at radius 2 is 1.91 bits per heavy atom. The average Bonchev–Trinajstić information content (AvgIpc) is 4.04. The molecule has 2 N–H and O–H groups in total. The number of hydrogen-bond donors (Lipinski definition) is 2. The van der Waals surface area contributed by atoms with Crippen LogP contribution in [0.5, 0.6) is 0 Å². The van der Waals surface area contributed by atoms with Gasteiger partial charge in [0, 0.05) is 84.8 Å². The lowest BCUT2D eigenvalue weighted by Crippen LogP contribution is -2.61. The van der Waals surface area contributed by atoms with Gasteiger partial charge in [-0.05, 0) is 80.7 Å². The van der Waals surface area contributed by atoms with Gasteiger partial charge in [-0.2, -0.15) is 0 Å². The number of esters is 1. The van der Waals surface area contributed by atoms with E-state index >= 15 is 0 Å². The Labute approximate surface area is 384 Å². The maximum absolute atomic E-state index is 14.9. The predicted octanol–water partition coefficient (Wildman–Crippen LogP) is 6.55. The van der Waals surface area contributed by atoms with Crippen molar-refractivity contribution in [1.29, 1.82) is 0 Å². The molecule has 1 unspecified atom stereocenters. The molecule has 5 aliphatic rings. The molecule has 4 fully saturated rings. The van der Waals surface area contributed by atoms with Crippen molar-refractivity contribution >= 4 is 40.0 Å². The summed E-state index contributed by atoms with van der Waals surface area (Å²) in [6, 6.07) is 9.77. The molecule has 65 heavy (non-hydrogen) atoms.